The first kappa shape index (κ1) is 25.7. The maximum atomic E-state index is 13.1. The van der Waals surface area contributed by atoms with E-state index in [2.05, 4.69) is 10.6 Å². The molecule has 4 aromatic carbocycles. The molecule has 4 aromatic rings. The largest absolute Gasteiger partial charge is 0.416 e. The molecule has 0 aliphatic rings. The van der Waals surface area contributed by atoms with Gasteiger partial charge in [0.1, 0.15) is 0 Å². The smallest absolute Gasteiger partial charge is 0.348 e. The second-order valence-corrected chi connectivity index (χ2v) is 8.15. The number of carbonyl (C=O) groups is 2. The van der Waals surface area contributed by atoms with Crippen LogP contribution >= 0.6 is 0 Å². The van der Waals surface area contributed by atoms with Crippen LogP contribution in [0.5, 0.6) is 0 Å². The molecule has 0 fully saturated rings. The van der Waals surface area contributed by atoms with Crippen molar-refractivity contribution >= 4 is 28.3 Å². The van der Waals surface area contributed by atoms with Crippen molar-refractivity contribution in [1.82, 2.24) is 5.32 Å². The minimum absolute atomic E-state index is 0.0220. The maximum absolute atomic E-state index is 13.1. The number of hydrogen-bond donors (Lipinski definition) is 2. The molecule has 4 nitrogen and oxygen atoms in total. The van der Waals surface area contributed by atoms with Crippen molar-refractivity contribution in [2.45, 2.75) is 18.9 Å². The van der Waals surface area contributed by atoms with Crippen LogP contribution in [0.2, 0.25) is 0 Å². The average Bonchev–Trinajstić information content (AvgIpc) is 2.86. The molecule has 0 radical (unpaired) electrons. The maximum Gasteiger partial charge on any atom is 0.416 e. The van der Waals surface area contributed by atoms with Gasteiger partial charge in [-0.05, 0) is 52.7 Å². The third-order valence-corrected chi connectivity index (χ3v) is 5.55. The van der Waals surface area contributed by atoms with Crippen LogP contribution in [0, 0.1) is 0 Å². The number of anilines is 1. The van der Waals surface area contributed by atoms with Gasteiger partial charge in [-0.2, -0.15) is 26.3 Å². The number of alkyl halides is 6. The summed E-state index contributed by atoms with van der Waals surface area (Å²) in [6.07, 6.45) is -10.2. The van der Waals surface area contributed by atoms with Gasteiger partial charge in [-0.3, -0.25) is 9.59 Å². The van der Waals surface area contributed by atoms with Crippen LogP contribution in [0.1, 0.15) is 37.4 Å². The Balaban J connectivity index is 1.51. The average molecular weight is 516 g/mol. The fraction of sp³-hybridized carbons (Fsp3) is 0.111. The van der Waals surface area contributed by atoms with E-state index >= 15 is 0 Å². The van der Waals surface area contributed by atoms with Crippen molar-refractivity contribution in [3.63, 3.8) is 0 Å². The summed E-state index contributed by atoms with van der Waals surface area (Å²) >= 11 is 0. The number of nitrogens with one attached hydrogen (secondary N) is 2. The fourth-order valence-corrected chi connectivity index (χ4v) is 3.75. The van der Waals surface area contributed by atoms with Crippen molar-refractivity contribution in [1.29, 1.82) is 0 Å². The predicted molar refractivity (Wildman–Crippen MR) is 126 cm³/mol. The topological polar surface area (TPSA) is 58.2 Å². The Hall–Kier alpha value is -4.34. The highest BCUT2D eigenvalue weighted by molar-refractivity contribution is 6.05. The van der Waals surface area contributed by atoms with Gasteiger partial charge in [-0.1, -0.05) is 48.5 Å². The molecule has 2 amide bonds. The van der Waals surface area contributed by atoms with Crippen LogP contribution in [0.3, 0.4) is 0 Å². The number of halogens is 6. The van der Waals surface area contributed by atoms with E-state index in [-0.39, 0.29) is 23.9 Å². The minimum atomic E-state index is -5.08. The Morgan fingerprint density at radius 3 is 1.95 bits per heavy atom. The highest BCUT2D eigenvalue weighted by Crippen LogP contribution is 2.36. The molecule has 0 aliphatic heterocycles. The molecule has 37 heavy (non-hydrogen) atoms. The Bertz CT molecular complexity index is 1440. The van der Waals surface area contributed by atoms with Crippen LogP contribution in [-0.2, 0) is 18.9 Å². The van der Waals surface area contributed by atoms with Gasteiger partial charge in [0.05, 0.1) is 11.1 Å². The molecule has 0 heterocycles. The van der Waals surface area contributed by atoms with E-state index in [1.165, 1.54) is 24.3 Å². The van der Waals surface area contributed by atoms with E-state index in [0.717, 1.165) is 16.3 Å². The van der Waals surface area contributed by atoms with Crippen LogP contribution < -0.4 is 10.6 Å². The van der Waals surface area contributed by atoms with Crippen molar-refractivity contribution in [2.24, 2.45) is 0 Å². The summed E-state index contributed by atoms with van der Waals surface area (Å²) in [5, 5.41) is 6.99. The first-order chi connectivity index (χ1) is 17.4. The lowest BCUT2D eigenvalue weighted by molar-refractivity contribution is -0.143. The van der Waals surface area contributed by atoms with E-state index in [1.807, 2.05) is 42.5 Å². The zero-order valence-electron chi connectivity index (χ0n) is 18.9. The molecule has 0 aromatic heterocycles. The molecule has 0 saturated carbocycles. The molecule has 0 aliphatic carbocycles. The molecular weight excluding hydrogens is 498 g/mol. The Labute approximate surface area is 206 Å². The summed E-state index contributed by atoms with van der Waals surface area (Å²) in [7, 11) is 0. The van der Waals surface area contributed by atoms with Crippen molar-refractivity contribution in [2.75, 3.05) is 5.32 Å². The number of carbonyl (C=O) groups excluding carboxylic acids is 2. The molecule has 10 heteroatoms. The van der Waals surface area contributed by atoms with Gasteiger partial charge in [-0.15, -0.1) is 0 Å². The molecular formula is C27H18F6N2O2. The summed E-state index contributed by atoms with van der Waals surface area (Å²) < 4.78 is 78.6. The van der Waals surface area contributed by atoms with Gasteiger partial charge < -0.3 is 10.6 Å². The van der Waals surface area contributed by atoms with Crippen LogP contribution in [0.25, 0.3) is 10.8 Å². The lowest BCUT2D eigenvalue weighted by atomic mass is 10.0. The number of benzene rings is 4. The molecule has 2 N–H and O–H groups in total. The van der Waals surface area contributed by atoms with Gasteiger partial charge in [-0.25, -0.2) is 0 Å². The monoisotopic (exact) mass is 516 g/mol. The molecule has 0 atom stereocenters. The summed E-state index contributed by atoms with van der Waals surface area (Å²) in [4.78, 5) is 25.2. The Morgan fingerprint density at radius 2 is 1.27 bits per heavy atom. The molecule has 190 valence electrons. The van der Waals surface area contributed by atoms with Gasteiger partial charge in [0.2, 0.25) is 0 Å². The van der Waals surface area contributed by atoms with E-state index < -0.39 is 40.9 Å². The fourth-order valence-electron chi connectivity index (χ4n) is 3.75. The molecule has 4 rings (SSSR count). The van der Waals surface area contributed by atoms with Gasteiger partial charge in [0.25, 0.3) is 11.8 Å². The first-order valence-electron chi connectivity index (χ1n) is 10.9. The number of rotatable bonds is 5. The Morgan fingerprint density at radius 1 is 0.649 bits per heavy atom. The van der Waals surface area contributed by atoms with Crippen LogP contribution in [-0.4, -0.2) is 11.8 Å². The van der Waals surface area contributed by atoms with E-state index in [4.69, 9.17) is 0 Å². The normalized spacial score (nSPS) is 11.8. The third-order valence-electron chi connectivity index (χ3n) is 5.55. The van der Waals surface area contributed by atoms with Crippen LogP contribution in [0.4, 0.5) is 32.0 Å². The molecule has 0 saturated heterocycles. The highest BCUT2D eigenvalue weighted by Gasteiger charge is 2.37. The SMILES string of the molecule is O=C(NCc1cccc2ccccc12)c1cccc(NC(=O)c2cc(C(F)(F)F)cc(C(F)(F)F)c2)c1. The van der Waals surface area contributed by atoms with Crippen LogP contribution in [0.15, 0.2) is 84.9 Å². The highest BCUT2D eigenvalue weighted by atomic mass is 19.4. The lowest BCUT2D eigenvalue weighted by Crippen LogP contribution is -2.23. The standard InChI is InChI=1S/C27H18F6N2O2/c28-26(29,30)20-11-19(12-21(14-20)27(31,32)33)25(37)35-22-9-4-7-17(13-22)24(36)34-15-18-8-3-6-16-5-1-2-10-23(16)18/h1-14H,15H2,(H,34,36)(H,35,37). The second-order valence-electron chi connectivity index (χ2n) is 8.15. The minimum Gasteiger partial charge on any atom is -0.348 e. The second kappa shape index (κ2) is 9.96. The van der Waals surface area contributed by atoms with Gasteiger partial charge in [0.15, 0.2) is 0 Å². The quantitative estimate of drug-likeness (QED) is 0.279. The summed E-state index contributed by atoms with van der Waals surface area (Å²) in [5.41, 5.74) is -3.00. The van der Waals surface area contributed by atoms with Crippen molar-refractivity contribution in [3.8, 4) is 0 Å². The molecule has 0 bridgehead atoms. The third kappa shape index (κ3) is 6.08. The van der Waals surface area contributed by atoms with E-state index in [9.17, 15) is 35.9 Å². The molecule has 0 unspecified atom stereocenters. The Kier molecular flexibility index (Phi) is 6.93. The lowest BCUT2D eigenvalue weighted by Gasteiger charge is -2.14. The molecule has 0 spiro atoms. The summed E-state index contributed by atoms with van der Waals surface area (Å²) in [6.45, 7) is 0.210. The summed E-state index contributed by atoms with van der Waals surface area (Å²) in [6, 6.07) is 19.4. The van der Waals surface area contributed by atoms with Gasteiger partial charge in [0, 0.05) is 23.4 Å². The van der Waals surface area contributed by atoms with E-state index in [1.54, 1.807) is 0 Å². The predicted octanol–water partition coefficient (Wildman–Crippen LogP) is 7.06. The zero-order valence-corrected chi connectivity index (χ0v) is 18.9. The van der Waals surface area contributed by atoms with Gasteiger partial charge >= 0.3 is 12.4 Å². The van der Waals surface area contributed by atoms with Crippen molar-refractivity contribution in [3.05, 3.63) is 113 Å². The number of fused-ring (bicyclic) bond motifs is 1. The zero-order chi connectivity index (χ0) is 26.8. The number of hydrogen-bond acceptors (Lipinski definition) is 2. The summed E-state index contributed by atoms with van der Waals surface area (Å²) in [5.74, 6) is -1.67. The van der Waals surface area contributed by atoms with E-state index in [0.29, 0.717) is 12.1 Å². The number of amides is 2. The van der Waals surface area contributed by atoms with Crippen molar-refractivity contribution < 1.29 is 35.9 Å². The first-order valence-corrected chi connectivity index (χ1v) is 10.9.